The van der Waals surface area contributed by atoms with Crippen LogP contribution in [0.4, 0.5) is 0 Å². The van der Waals surface area contributed by atoms with E-state index in [1.54, 1.807) is 36.2 Å². The molecule has 0 atom stereocenters. The maximum Gasteiger partial charge on any atom is 0.254 e. The topological polar surface area (TPSA) is 54.5 Å². The summed E-state index contributed by atoms with van der Waals surface area (Å²) in [7, 11) is 1.73. The van der Waals surface area contributed by atoms with E-state index < -0.39 is 0 Å². The van der Waals surface area contributed by atoms with Gasteiger partial charge in [0.05, 0.1) is 5.56 Å². The minimum absolute atomic E-state index is 0.141. The molecule has 1 amide bonds. The number of unbranched alkanes of at least 4 members (excludes halogenated alkanes) is 3. The molecule has 0 aliphatic carbocycles. The van der Waals surface area contributed by atoms with Gasteiger partial charge < -0.3 is 9.69 Å². The largest absolute Gasteiger partial charge is 0.342 e. The van der Waals surface area contributed by atoms with Crippen LogP contribution in [0.25, 0.3) is 0 Å². The van der Waals surface area contributed by atoms with Gasteiger partial charge in [-0.1, -0.05) is 24.6 Å². The van der Waals surface area contributed by atoms with E-state index in [-0.39, 0.29) is 5.91 Å². The van der Waals surface area contributed by atoms with Crippen molar-refractivity contribution in [3.05, 3.63) is 35.4 Å². The Morgan fingerprint density at radius 1 is 1.16 bits per heavy atom. The molecule has 1 aromatic rings. The molecular weight excluding hydrogens is 242 g/mol. The molecule has 102 valence electrons. The third-order valence-electron chi connectivity index (χ3n) is 2.98. The molecule has 19 heavy (non-hydrogen) atoms. The van der Waals surface area contributed by atoms with Crippen LogP contribution in [0.5, 0.6) is 0 Å². The van der Waals surface area contributed by atoms with Crippen molar-refractivity contribution in [1.29, 1.82) is 0 Å². The van der Waals surface area contributed by atoms with Crippen molar-refractivity contribution in [3.8, 4) is 0 Å². The fourth-order valence-electron chi connectivity index (χ4n) is 1.86. The highest BCUT2D eigenvalue weighted by atomic mass is 16.2. The highest BCUT2D eigenvalue weighted by Gasteiger charge is 2.14. The van der Waals surface area contributed by atoms with Crippen LogP contribution >= 0.6 is 0 Å². The van der Waals surface area contributed by atoms with Crippen LogP contribution in [-0.2, 0) is 4.79 Å². The van der Waals surface area contributed by atoms with Crippen molar-refractivity contribution in [2.75, 3.05) is 13.6 Å². The molecule has 0 spiro atoms. The standard InChI is InChI=1S/C15H19NO3/c1-16(10-6-2-3-7-11-17)15(19)14-9-5-4-8-13(14)12-18/h4-5,8-9,11-12H,2-3,6-7,10H2,1H3. The van der Waals surface area contributed by atoms with Gasteiger partial charge in [0.2, 0.25) is 0 Å². The zero-order valence-electron chi connectivity index (χ0n) is 11.2. The Hall–Kier alpha value is -1.97. The highest BCUT2D eigenvalue weighted by Crippen LogP contribution is 2.10. The second kappa shape index (κ2) is 8.19. The first-order chi connectivity index (χ1) is 9.20. The number of carbonyl (C=O) groups excluding carboxylic acids is 3. The Kier molecular flexibility index (Phi) is 6.50. The molecule has 0 unspecified atom stereocenters. The van der Waals surface area contributed by atoms with Crippen LogP contribution in [0.3, 0.4) is 0 Å². The van der Waals surface area contributed by atoms with Crippen molar-refractivity contribution in [2.24, 2.45) is 0 Å². The zero-order chi connectivity index (χ0) is 14.1. The monoisotopic (exact) mass is 261 g/mol. The van der Waals surface area contributed by atoms with Crippen molar-refractivity contribution >= 4 is 18.5 Å². The average molecular weight is 261 g/mol. The third kappa shape index (κ3) is 4.66. The number of nitrogens with zero attached hydrogens (tertiary/aromatic N) is 1. The summed E-state index contributed by atoms with van der Waals surface area (Å²) in [5.41, 5.74) is 0.855. The predicted molar refractivity (Wildman–Crippen MR) is 73.3 cm³/mol. The lowest BCUT2D eigenvalue weighted by Crippen LogP contribution is -2.28. The van der Waals surface area contributed by atoms with Gasteiger partial charge >= 0.3 is 0 Å². The summed E-state index contributed by atoms with van der Waals surface area (Å²) in [5.74, 6) is -0.141. The highest BCUT2D eigenvalue weighted by molar-refractivity contribution is 6.01. The smallest absolute Gasteiger partial charge is 0.254 e. The quantitative estimate of drug-likeness (QED) is 0.533. The van der Waals surface area contributed by atoms with E-state index in [1.807, 2.05) is 0 Å². The number of hydrogen-bond donors (Lipinski definition) is 0. The van der Waals surface area contributed by atoms with Crippen LogP contribution in [0.2, 0.25) is 0 Å². The van der Waals surface area contributed by atoms with E-state index in [0.717, 1.165) is 25.5 Å². The minimum Gasteiger partial charge on any atom is -0.342 e. The van der Waals surface area contributed by atoms with Gasteiger partial charge in [-0.3, -0.25) is 9.59 Å². The van der Waals surface area contributed by atoms with Gasteiger partial charge in [0, 0.05) is 25.6 Å². The first kappa shape index (κ1) is 15.1. The van der Waals surface area contributed by atoms with Gasteiger partial charge in [0.25, 0.3) is 5.91 Å². The minimum atomic E-state index is -0.141. The van der Waals surface area contributed by atoms with Gasteiger partial charge in [-0.05, 0) is 18.9 Å². The Bertz CT molecular complexity index is 443. The SMILES string of the molecule is CN(CCCCCC=O)C(=O)c1ccccc1C=O. The fourth-order valence-corrected chi connectivity index (χ4v) is 1.86. The lowest BCUT2D eigenvalue weighted by Gasteiger charge is -2.17. The summed E-state index contributed by atoms with van der Waals surface area (Å²) >= 11 is 0. The summed E-state index contributed by atoms with van der Waals surface area (Å²) in [4.78, 5) is 34.8. The molecule has 0 aromatic heterocycles. The van der Waals surface area contributed by atoms with Gasteiger partial charge in [0.1, 0.15) is 6.29 Å². The number of hydrogen-bond acceptors (Lipinski definition) is 3. The summed E-state index contributed by atoms with van der Waals surface area (Å²) in [6.45, 7) is 0.630. The second-order valence-electron chi connectivity index (χ2n) is 4.45. The van der Waals surface area contributed by atoms with Crippen LogP contribution in [0, 0.1) is 0 Å². The Morgan fingerprint density at radius 3 is 2.58 bits per heavy atom. The molecule has 0 aliphatic rings. The maximum atomic E-state index is 12.2. The molecule has 0 bridgehead atoms. The van der Waals surface area contributed by atoms with Crippen LogP contribution in [0.15, 0.2) is 24.3 Å². The molecule has 0 aliphatic heterocycles. The van der Waals surface area contributed by atoms with Crippen molar-refractivity contribution in [1.82, 2.24) is 4.90 Å². The summed E-state index contributed by atoms with van der Waals surface area (Å²) in [6.07, 6.45) is 4.83. The normalized spacial score (nSPS) is 9.95. The molecule has 1 rings (SSSR count). The lowest BCUT2D eigenvalue weighted by atomic mass is 10.1. The molecule has 1 aromatic carbocycles. The second-order valence-corrected chi connectivity index (χ2v) is 4.45. The molecule has 0 saturated heterocycles. The van der Waals surface area contributed by atoms with E-state index in [1.165, 1.54) is 0 Å². The Labute approximate surface area is 113 Å². The molecule has 0 saturated carbocycles. The molecule has 0 radical (unpaired) electrons. The molecule has 0 N–H and O–H groups in total. The third-order valence-corrected chi connectivity index (χ3v) is 2.98. The van der Waals surface area contributed by atoms with Crippen LogP contribution in [0.1, 0.15) is 46.4 Å². The first-order valence-corrected chi connectivity index (χ1v) is 6.44. The van der Waals surface area contributed by atoms with Crippen molar-refractivity contribution < 1.29 is 14.4 Å². The van der Waals surface area contributed by atoms with Crippen molar-refractivity contribution in [3.63, 3.8) is 0 Å². The number of rotatable bonds is 8. The van der Waals surface area contributed by atoms with E-state index in [2.05, 4.69) is 0 Å². The zero-order valence-corrected chi connectivity index (χ0v) is 11.2. The van der Waals surface area contributed by atoms with Gasteiger partial charge in [-0.2, -0.15) is 0 Å². The Morgan fingerprint density at radius 2 is 1.89 bits per heavy atom. The molecule has 4 nitrogen and oxygen atoms in total. The molecule has 0 heterocycles. The lowest BCUT2D eigenvalue weighted by molar-refractivity contribution is -0.107. The first-order valence-electron chi connectivity index (χ1n) is 6.44. The summed E-state index contributed by atoms with van der Waals surface area (Å²) in [6, 6.07) is 6.78. The van der Waals surface area contributed by atoms with E-state index in [9.17, 15) is 14.4 Å². The van der Waals surface area contributed by atoms with E-state index >= 15 is 0 Å². The molecule has 0 fully saturated rings. The van der Waals surface area contributed by atoms with Gasteiger partial charge in [-0.25, -0.2) is 0 Å². The van der Waals surface area contributed by atoms with Gasteiger partial charge in [-0.15, -0.1) is 0 Å². The average Bonchev–Trinajstić information content (AvgIpc) is 2.46. The summed E-state index contributed by atoms with van der Waals surface area (Å²) < 4.78 is 0. The number of carbonyl (C=O) groups is 3. The Balaban J connectivity index is 2.52. The number of amides is 1. The van der Waals surface area contributed by atoms with Crippen molar-refractivity contribution in [2.45, 2.75) is 25.7 Å². The number of aldehydes is 2. The number of benzene rings is 1. The van der Waals surface area contributed by atoms with Crippen LogP contribution in [-0.4, -0.2) is 37.0 Å². The van der Waals surface area contributed by atoms with E-state index in [0.29, 0.717) is 30.4 Å². The van der Waals surface area contributed by atoms with Gasteiger partial charge in [0.15, 0.2) is 6.29 Å². The predicted octanol–water partition coefficient (Wildman–Crippen LogP) is 2.33. The fraction of sp³-hybridized carbons (Fsp3) is 0.400. The van der Waals surface area contributed by atoms with Crippen LogP contribution < -0.4 is 0 Å². The molecule has 4 heteroatoms. The summed E-state index contributed by atoms with van der Waals surface area (Å²) in [5, 5.41) is 0. The molecular formula is C15H19NO3. The van der Waals surface area contributed by atoms with E-state index in [4.69, 9.17) is 0 Å². The maximum absolute atomic E-state index is 12.2.